The van der Waals surface area contributed by atoms with E-state index in [1.54, 1.807) is 12.1 Å². The summed E-state index contributed by atoms with van der Waals surface area (Å²) in [5.74, 6) is -0.751. The van der Waals surface area contributed by atoms with Crippen LogP contribution in [0.5, 0.6) is 0 Å². The average Bonchev–Trinajstić information content (AvgIpc) is 3.18. The Hall–Kier alpha value is -2.24. The lowest BCUT2D eigenvalue weighted by atomic mass is 10.1. The number of amides is 1. The number of carbonyl (C=O) groups is 2. The van der Waals surface area contributed by atoms with Gasteiger partial charge in [-0.15, -0.1) is 0 Å². The molecule has 0 atom stereocenters. The summed E-state index contributed by atoms with van der Waals surface area (Å²) in [5.41, 5.74) is 6.76. The van der Waals surface area contributed by atoms with Gasteiger partial charge in [0.25, 0.3) is 0 Å². The van der Waals surface area contributed by atoms with Crippen LogP contribution in [-0.4, -0.2) is 30.1 Å². The van der Waals surface area contributed by atoms with Gasteiger partial charge in [0.05, 0.1) is 11.3 Å². The molecule has 102 valence electrons. The van der Waals surface area contributed by atoms with Gasteiger partial charge in [-0.25, -0.2) is 4.79 Å². The molecule has 0 spiro atoms. The SMILES string of the molecule is Nc1ccc(C(=O)O)c(NCCNC(=O)C2CC2)c1. The van der Waals surface area contributed by atoms with Crippen LogP contribution in [0.25, 0.3) is 0 Å². The third kappa shape index (κ3) is 3.61. The standard InChI is InChI=1S/C13H17N3O3/c14-9-3-4-10(13(18)19)11(7-9)15-5-6-16-12(17)8-1-2-8/h3-4,7-8,15H,1-2,5-6,14H2,(H,16,17)(H,18,19). The molecule has 1 aromatic rings. The molecule has 0 aliphatic heterocycles. The normalized spacial score (nSPS) is 13.9. The van der Waals surface area contributed by atoms with Crippen LogP contribution in [0.2, 0.25) is 0 Å². The number of hydrogen-bond donors (Lipinski definition) is 4. The summed E-state index contributed by atoms with van der Waals surface area (Å²) in [4.78, 5) is 22.4. The zero-order chi connectivity index (χ0) is 13.8. The number of benzene rings is 1. The summed E-state index contributed by atoms with van der Waals surface area (Å²) < 4.78 is 0. The number of hydrogen-bond acceptors (Lipinski definition) is 4. The minimum absolute atomic E-state index is 0.0767. The van der Waals surface area contributed by atoms with Crippen molar-refractivity contribution in [1.82, 2.24) is 5.32 Å². The highest BCUT2D eigenvalue weighted by molar-refractivity contribution is 5.95. The number of rotatable bonds is 6. The molecule has 1 saturated carbocycles. The maximum Gasteiger partial charge on any atom is 0.337 e. The van der Waals surface area contributed by atoms with Gasteiger partial charge in [-0.05, 0) is 31.0 Å². The third-order valence-corrected chi connectivity index (χ3v) is 2.96. The van der Waals surface area contributed by atoms with Crippen molar-refractivity contribution in [3.63, 3.8) is 0 Å². The first-order valence-electron chi connectivity index (χ1n) is 6.22. The van der Waals surface area contributed by atoms with E-state index >= 15 is 0 Å². The van der Waals surface area contributed by atoms with Gasteiger partial charge in [0.2, 0.25) is 5.91 Å². The molecule has 1 amide bonds. The monoisotopic (exact) mass is 263 g/mol. The molecule has 1 fully saturated rings. The lowest BCUT2D eigenvalue weighted by Gasteiger charge is -2.11. The Balaban J connectivity index is 1.85. The first kappa shape index (κ1) is 13.2. The van der Waals surface area contributed by atoms with E-state index in [4.69, 9.17) is 10.8 Å². The van der Waals surface area contributed by atoms with Crippen molar-refractivity contribution in [2.24, 2.45) is 5.92 Å². The Kier molecular flexibility index (Phi) is 3.89. The van der Waals surface area contributed by atoms with E-state index in [0.717, 1.165) is 12.8 Å². The average molecular weight is 263 g/mol. The second kappa shape index (κ2) is 5.60. The maximum atomic E-state index is 11.4. The molecule has 1 aliphatic rings. The molecule has 1 aromatic carbocycles. The third-order valence-electron chi connectivity index (χ3n) is 2.96. The quantitative estimate of drug-likeness (QED) is 0.451. The highest BCUT2D eigenvalue weighted by atomic mass is 16.4. The second-order valence-corrected chi connectivity index (χ2v) is 4.60. The molecule has 0 aromatic heterocycles. The number of anilines is 2. The lowest BCUT2D eigenvalue weighted by molar-refractivity contribution is -0.122. The van der Waals surface area contributed by atoms with Crippen LogP contribution in [0.15, 0.2) is 18.2 Å². The van der Waals surface area contributed by atoms with Gasteiger partial charge in [-0.1, -0.05) is 0 Å². The van der Waals surface area contributed by atoms with E-state index in [2.05, 4.69) is 10.6 Å². The van der Waals surface area contributed by atoms with E-state index in [-0.39, 0.29) is 17.4 Å². The van der Waals surface area contributed by atoms with Crippen LogP contribution in [0.4, 0.5) is 11.4 Å². The molecule has 19 heavy (non-hydrogen) atoms. The predicted octanol–water partition coefficient (Wildman–Crippen LogP) is 0.905. The number of nitrogens with one attached hydrogen (secondary N) is 2. The largest absolute Gasteiger partial charge is 0.478 e. The maximum absolute atomic E-state index is 11.4. The van der Waals surface area contributed by atoms with Crippen molar-refractivity contribution in [2.75, 3.05) is 24.1 Å². The summed E-state index contributed by atoms with van der Waals surface area (Å²) in [6.45, 7) is 0.922. The van der Waals surface area contributed by atoms with Crippen LogP contribution in [0, 0.1) is 5.92 Å². The fourth-order valence-corrected chi connectivity index (χ4v) is 1.77. The Morgan fingerprint density at radius 3 is 2.68 bits per heavy atom. The Labute approximate surface area is 111 Å². The van der Waals surface area contributed by atoms with Gasteiger partial charge in [0.1, 0.15) is 0 Å². The van der Waals surface area contributed by atoms with Crippen molar-refractivity contribution < 1.29 is 14.7 Å². The Morgan fingerprint density at radius 2 is 2.05 bits per heavy atom. The van der Waals surface area contributed by atoms with Crippen LogP contribution in [0.3, 0.4) is 0 Å². The van der Waals surface area contributed by atoms with Crippen molar-refractivity contribution in [3.05, 3.63) is 23.8 Å². The fraction of sp³-hybridized carbons (Fsp3) is 0.385. The molecule has 5 N–H and O–H groups in total. The number of aromatic carboxylic acids is 1. The number of nitrogens with two attached hydrogens (primary N) is 1. The van der Waals surface area contributed by atoms with Crippen LogP contribution in [-0.2, 0) is 4.79 Å². The van der Waals surface area contributed by atoms with Crippen molar-refractivity contribution in [2.45, 2.75) is 12.8 Å². The molecule has 0 heterocycles. The van der Waals surface area contributed by atoms with Gasteiger partial charge in [-0.3, -0.25) is 4.79 Å². The Bertz CT molecular complexity index is 498. The minimum atomic E-state index is -1.01. The molecule has 6 heteroatoms. The number of carboxylic acids is 1. The van der Waals surface area contributed by atoms with Gasteiger partial charge in [-0.2, -0.15) is 0 Å². The van der Waals surface area contributed by atoms with E-state index in [1.165, 1.54) is 6.07 Å². The summed E-state index contributed by atoms with van der Waals surface area (Å²) in [6.07, 6.45) is 1.94. The van der Waals surface area contributed by atoms with Gasteiger partial charge in [0, 0.05) is 24.7 Å². The molecule has 0 saturated heterocycles. The Morgan fingerprint density at radius 1 is 1.32 bits per heavy atom. The van der Waals surface area contributed by atoms with E-state index in [0.29, 0.717) is 24.5 Å². The molecule has 0 radical (unpaired) electrons. The van der Waals surface area contributed by atoms with Crippen molar-refractivity contribution in [1.29, 1.82) is 0 Å². The topological polar surface area (TPSA) is 104 Å². The van der Waals surface area contributed by atoms with E-state index in [1.807, 2.05) is 0 Å². The summed E-state index contributed by atoms with van der Waals surface area (Å²) in [5, 5.41) is 14.8. The van der Waals surface area contributed by atoms with Crippen LogP contribution >= 0.6 is 0 Å². The fourth-order valence-electron chi connectivity index (χ4n) is 1.77. The van der Waals surface area contributed by atoms with Gasteiger partial charge >= 0.3 is 5.97 Å². The smallest absolute Gasteiger partial charge is 0.337 e. The second-order valence-electron chi connectivity index (χ2n) is 4.60. The van der Waals surface area contributed by atoms with E-state index < -0.39 is 5.97 Å². The highest BCUT2D eigenvalue weighted by Gasteiger charge is 2.28. The van der Waals surface area contributed by atoms with E-state index in [9.17, 15) is 9.59 Å². The first-order chi connectivity index (χ1) is 9.08. The van der Waals surface area contributed by atoms with Gasteiger partial charge < -0.3 is 21.5 Å². The molecule has 0 bridgehead atoms. The summed E-state index contributed by atoms with van der Waals surface area (Å²) >= 11 is 0. The van der Waals surface area contributed by atoms with Crippen molar-refractivity contribution in [3.8, 4) is 0 Å². The predicted molar refractivity (Wildman–Crippen MR) is 72.0 cm³/mol. The highest BCUT2D eigenvalue weighted by Crippen LogP contribution is 2.28. The van der Waals surface area contributed by atoms with Crippen LogP contribution in [0.1, 0.15) is 23.2 Å². The molecule has 6 nitrogen and oxygen atoms in total. The molecule has 2 rings (SSSR count). The first-order valence-corrected chi connectivity index (χ1v) is 6.22. The summed E-state index contributed by atoms with van der Waals surface area (Å²) in [7, 11) is 0. The number of carboxylic acid groups (broad SMARTS) is 1. The molecular formula is C13H17N3O3. The lowest BCUT2D eigenvalue weighted by Crippen LogP contribution is -2.30. The zero-order valence-electron chi connectivity index (χ0n) is 10.5. The van der Waals surface area contributed by atoms with Crippen molar-refractivity contribution >= 4 is 23.3 Å². The molecular weight excluding hydrogens is 246 g/mol. The molecule has 1 aliphatic carbocycles. The minimum Gasteiger partial charge on any atom is -0.478 e. The van der Waals surface area contributed by atoms with Gasteiger partial charge in [0.15, 0.2) is 0 Å². The van der Waals surface area contributed by atoms with Crippen LogP contribution < -0.4 is 16.4 Å². The number of nitrogen functional groups attached to an aromatic ring is 1. The molecule has 0 unspecified atom stereocenters. The summed E-state index contributed by atoms with van der Waals surface area (Å²) in [6, 6.07) is 4.58. The zero-order valence-corrected chi connectivity index (χ0v) is 10.5. The number of carbonyl (C=O) groups excluding carboxylic acids is 1.